The molecular weight excluding hydrogens is 457 g/mol. The van der Waals surface area contributed by atoms with Crippen molar-refractivity contribution in [1.82, 2.24) is 25.0 Å². The maximum Gasteiger partial charge on any atom is 0.266 e. The molecule has 1 fully saturated rings. The Morgan fingerprint density at radius 2 is 1.90 bits per heavy atom. The van der Waals surface area contributed by atoms with Gasteiger partial charge in [-0.2, -0.15) is 0 Å². The number of nitrogens with zero attached hydrogens (tertiary/aromatic N) is 6. The highest BCUT2D eigenvalue weighted by Crippen LogP contribution is 2.34. The van der Waals surface area contributed by atoms with E-state index in [1.54, 1.807) is 21.7 Å². The molecule has 0 saturated carbocycles. The van der Waals surface area contributed by atoms with Crippen molar-refractivity contribution in [2.45, 2.75) is 45.1 Å². The Morgan fingerprint density at radius 3 is 2.60 bits per heavy atom. The first kappa shape index (κ1) is 21.5. The molecule has 0 aliphatic carbocycles. The number of unbranched alkanes of at least 4 members (excludes halogenated alkanes) is 1. The molecule has 1 saturated heterocycles. The number of aromatic nitrogens is 5. The van der Waals surface area contributed by atoms with Gasteiger partial charge in [0.2, 0.25) is 0 Å². The molecule has 3 aromatic rings. The highest BCUT2D eigenvalue weighted by atomic mass is 35.5. The van der Waals surface area contributed by atoms with E-state index < -0.39 is 12.5 Å². The standard InChI is InChI=1S/C19H19Cl3F2N6/c1-2-3-4-14-25-17(29-8-7-19(23,24)10-29)16-18(26-14)30(28-27-16)9-11-12(20)5-6-13(21)15(11)22/h5-6H,2-4,7-10H2,1H3. The number of hydrogen-bond acceptors (Lipinski definition) is 5. The van der Waals surface area contributed by atoms with E-state index >= 15 is 0 Å². The number of aryl methyl sites for hydroxylation is 1. The maximum absolute atomic E-state index is 13.8. The van der Waals surface area contributed by atoms with Crippen LogP contribution in [0.1, 0.15) is 37.6 Å². The Bertz CT molecular complexity index is 1090. The van der Waals surface area contributed by atoms with Crippen LogP contribution in [-0.4, -0.2) is 44.0 Å². The summed E-state index contributed by atoms with van der Waals surface area (Å²) in [5.41, 5.74) is 1.41. The highest BCUT2D eigenvalue weighted by Gasteiger charge is 2.40. The molecular formula is C19H19Cl3F2N6. The number of hydrogen-bond donors (Lipinski definition) is 0. The van der Waals surface area contributed by atoms with Crippen molar-refractivity contribution in [3.63, 3.8) is 0 Å². The summed E-state index contributed by atoms with van der Waals surface area (Å²) in [6.45, 7) is 2.06. The van der Waals surface area contributed by atoms with E-state index in [-0.39, 0.29) is 19.5 Å². The van der Waals surface area contributed by atoms with Crippen LogP contribution in [0.15, 0.2) is 12.1 Å². The zero-order valence-electron chi connectivity index (χ0n) is 16.2. The molecule has 30 heavy (non-hydrogen) atoms. The zero-order chi connectivity index (χ0) is 21.5. The molecule has 0 unspecified atom stereocenters. The van der Waals surface area contributed by atoms with Crippen LogP contribution in [-0.2, 0) is 13.0 Å². The molecule has 1 aliphatic heterocycles. The summed E-state index contributed by atoms with van der Waals surface area (Å²) in [5, 5.41) is 9.51. The molecule has 160 valence electrons. The van der Waals surface area contributed by atoms with Gasteiger partial charge in [-0.3, -0.25) is 0 Å². The molecule has 4 rings (SSSR count). The van der Waals surface area contributed by atoms with Crippen LogP contribution in [0.5, 0.6) is 0 Å². The molecule has 2 aromatic heterocycles. The van der Waals surface area contributed by atoms with Gasteiger partial charge in [0.15, 0.2) is 17.0 Å². The maximum atomic E-state index is 13.8. The predicted octanol–water partition coefficient (Wildman–Crippen LogP) is 5.42. The van der Waals surface area contributed by atoms with Gasteiger partial charge in [-0.1, -0.05) is 53.4 Å². The lowest BCUT2D eigenvalue weighted by Gasteiger charge is -2.18. The topological polar surface area (TPSA) is 59.7 Å². The molecule has 0 radical (unpaired) electrons. The molecule has 6 nitrogen and oxygen atoms in total. The summed E-state index contributed by atoms with van der Waals surface area (Å²) in [4.78, 5) is 10.7. The van der Waals surface area contributed by atoms with Crippen molar-refractivity contribution in [3.05, 3.63) is 38.6 Å². The van der Waals surface area contributed by atoms with Gasteiger partial charge in [0, 0.05) is 30.0 Å². The summed E-state index contributed by atoms with van der Waals surface area (Å²) in [6.07, 6.45) is 2.26. The van der Waals surface area contributed by atoms with Crippen LogP contribution in [0.3, 0.4) is 0 Å². The highest BCUT2D eigenvalue weighted by molar-refractivity contribution is 6.44. The van der Waals surface area contributed by atoms with Gasteiger partial charge in [-0.15, -0.1) is 5.10 Å². The fraction of sp³-hybridized carbons (Fsp3) is 0.474. The van der Waals surface area contributed by atoms with E-state index in [1.807, 2.05) is 0 Å². The molecule has 0 atom stereocenters. The molecule has 1 aromatic carbocycles. The zero-order valence-corrected chi connectivity index (χ0v) is 18.4. The Hall–Kier alpha value is -1.77. The van der Waals surface area contributed by atoms with E-state index in [1.165, 1.54) is 0 Å². The van der Waals surface area contributed by atoms with Crippen molar-refractivity contribution in [3.8, 4) is 0 Å². The second-order valence-electron chi connectivity index (χ2n) is 7.34. The van der Waals surface area contributed by atoms with Gasteiger partial charge in [0.05, 0.1) is 23.1 Å². The molecule has 0 amide bonds. The van der Waals surface area contributed by atoms with Crippen molar-refractivity contribution < 1.29 is 8.78 Å². The van der Waals surface area contributed by atoms with Gasteiger partial charge in [0.25, 0.3) is 5.92 Å². The van der Waals surface area contributed by atoms with Crippen LogP contribution < -0.4 is 4.90 Å². The smallest absolute Gasteiger partial charge is 0.266 e. The van der Waals surface area contributed by atoms with Crippen LogP contribution in [0.4, 0.5) is 14.6 Å². The third kappa shape index (κ3) is 4.18. The van der Waals surface area contributed by atoms with Crippen LogP contribution >= 0.6 is 34.8 Å². The fourth-order valence-corrected chi connectivity index (χ4v) is 4.11. The minimum Gasteiger partial charge on any atom is -0.348 e. The first-order chi connectivity index (χ1) is 14.3. The van der Waals surface area contributed by atoms with E-state index in [0.29, 0.717) is 49.9 Å². The van der Waals surface area contributed by atoms with E-state index in [4.69, 9.17) is 34.8 Å². The molecule has 1 aliphatic rings. The van der Waals surface area contributed by atoms with Gasteiger partial charge in [-0.25, -0.2) is 23.4 Å². The minimum atomic E-state index is -2.75. The lowest BCUT2D eigenvalue weighted by molar-refractivity contribution is 0.0257. The Balaban J connectivity index is 1.79. The monoisotopic (exact) mass is 474 g/mol. The van der Waals surface area contributed by atoms with Crippen LogP contribution in [0.2, 0.25) is 15.1 Å². The van der Waals surface area contributed by atoms with E-state index in [0.717, 1.165) is 12.8 Å². The third-order valence-electron chi connectivity index (χ3n) is 5.06. The van der Waals surface area contributed by atoms with Crippen molar-refractivity contribution in [1.29, 1.82) is 0 Å². The number of benzene rings is 1. The lowest BCUT2D eigenvalue weighted by atomic mass is 10.2. The second-order valence-corrected chi connectivity index (χ2v) is 8.53. The summed E-state index contributed by atoms with van der Waals surface area (Å²) in [5.74, 6) is -1.79. The average molecular weight is 476 g/mol. The number of fused-ring (bicyclic) bond motifs is 1. The quantitative estimate of drug-likeness (QED) is 0.446. The first-order valence-corrected chi connectivity index (χ1v) is 10.8. The number of anilines is 1. The van der Waals surface area contributed by atoms with Gasteiger partial charge >= 0.3 is 0 Å². The average Bonchev–Trinajstić information content (AvgIpc) is 3.28. The summed E-state index contributed by atoms with van der Waals surface area (Å²) < 4.78 is 29.2. The number of rotatable bonds is 6. The lowest BCUT2D eigenvalue weighted by Crippen LogP contribution is -2.26. The van der Waals surface area contributed by atoms with Crippen molar-refractivity contribution in [2.75, 3.05) is 18.0 Å². The van der Waals surface area contributed by atoms with Gasteiger partial charge in [-0.05, 0) is 18.6 Å². The van der Waals surface area contributed by atoms with Crippen molar-refractivity contribution >= 4 is 51.8 Å². The minimum absolute atomic E-state index is 0.189. The van der Waals surface area contributed by atoms with E-state index in [9.17, 15) is 8.78 Å². The van der Waals surface area contributed by atoms with Gasteiger partial charge < -0.3 is 4.90 Å². The van der Waals surface area contributed by atoms with E-state index in [2.05, 4.69) is 27.2 Å². The number of halogens is 5. The SMILES string of the molecule is CCCCc1nc(N2CCC(F)(F)C2)c2nnn(Cc3c(Cl)ccc(Cl)c3Cl)c2n1. The molecule has 3 heterocycles. The largest absolute Gasteiger partial charge is 0.348 e. The van der Waals surface area contributed by atoms with Crippen molar-refractivity contribution in [2.24, 2.45) is 0 Å². The van der Waals surface area contributed by atoms with Gasteiger partial charge in [0.1, 0.15) is 5.82 Å². The molecule has 11 heteroatoms. The Kier molecular flexibility index (Phi) is 6.01. The predicted molar refractivity (Wildman–Crippen MR) is 114 cm³/mol. The molecule has 0 N–H and O–H groups in total. The second kappa shape index (κ2) is 8.40. The van der Waals surface area contributed by atoms with Crippen LogP contribution in [0, 0.1) is 0 Å². The number of alkyl halides is 2. The van der Waals surface area contributed by atoms with Crippen LogP contribution in [0.25, 0.3) is 11.2 Å². The molecule has 0 spiro atoms. The third-order valence-corrected chi connectivity index (χ3v) is 6.26. The Labute approximate surface area is 187 Å². The molecule has 0 bridgehead atoms. The Morgan fingerprint density at radius 1 is 1.13 bits per heavy atom. The first-order valence-electron chi connectivity index (χ1n) is 9.64. The fourth-order valence-electron chi connectivity index (χ4n) is 3.44. The summed E-state index contributed by atoms with van der Waals surface area (Å²) >= 11 is 18.8. The normalized spacial score (nSPS) is 16.0. The summed E-state index contributed by atoms with van der Waals surface area (Å²) in [7, 11) is 0. The summed E-state index contributed by atoms with van der Waals surface area (Å²) in [6, 6.07) is 3.27.